The van der Waals surface area contributed by atoms with Gasteiger partial charge >= 0.3 is 0 Å². The first-order valence-corrected chi connectivity index (χ1v) is 6.33. The molecule has 0 spiro atoms. The summed E-state index contributed by atoms with van der Waals surface area (Å²) in [6.07, 6.45) is 7.12. The van der Waals surface area contributed by atoms with Crippen molar-refractivity contribution in [1.82, 2.24) is 9.97 Å². The minimum absolute atomic E-state index is 0.729. The van der Waals surface area contributed by atoms with Crippen LogP contribution in [-0.4, -0.2) is 9.97 Å². The fourth-order valence-corrected chi connectivity index (χ4v) is 2.28. The second-order valence-electron chi connectivity index (χ2n) is 4.17. The van der Waals surface area contributed by atoms with Gasteiger partial charge in [-0.25, -0.2) is 0 Å². The second-order valence-corrected chi connectivity index (χ2v) is 4.58. The van der Waals surface area contributed by atoms with Gasteiger partial charge < -0.3 is 0 Å². The highest BCUT2D eigenvalue weighted by molar-refractivity contribution is 6.33. The van der Waals surface area contributed by atoms with Crippen LogP contribution in [0.15, 0.2) is 67.3 Å². The van der Waals surface area contributed by atoms with Gasteiger partial charge in [0, 0.05) is 40.9 Å². The molecule has 0 atom stereocenters. The highest BCUT2D eigenvalue weighted by Crippen LogP contribution is 2.31. The lowest BCUT2D eigenvalue weighted by molar-refractivity contribution is 1.33. The molecule has 0 N–H and O–H groups in total. The Morgan fingerprint density at radius 2 is 1.58 bits per heavy atom. The Kier molecular flexibility index (Phi) is 3.25. The minimum Gasteiger partial charge on any atom is -0.265 e. The maximum atomic E-state index is 6.37. The SMILES string of the molecule is Clc1cc(-c2cccnc2)ccc1-c1ccncc1. The van der Waals surface area contributed by atoms with Crippen molar-refractivity contribution < 1.29 is 0 Å². The number of benzene rings is 1. The first-order valence-electron chi connectivity index (χ1n) is 5.95. The molecule has 2 nitrogen and oxygen atoms in total. The van der Waals surface area contributed by atoms with E-state index in [1.165, 1.54) is 0 Å². The van der Waals surface area contributed by atoms with Gasteiger partial charge in [-0.05, 0) is 35.4 Å². The molecule has 3 aromatic rings. The van der Waals surface area contributed by atoms with Gasteiger partial charge in [0.1, 0.15) is 0 Å². The van der Waals surface area contributed by atoms with Crippen LogP contribution in [0.1, 0.15) is 0 Å². The molecule has 0 fully saturated rings. The molecule has 1 aromatic carbocycles. The molecule has 0 aliphatic carbocycles. The minimum atomic E-state index is 0.729. The van der Waals surface area contributed by atoms with Gasteiger partial charge in [-0.15, -0.1) is 0 Å². The molecule has 3 heteroatoms. The summed E-state index contributed by atoms with van der Waals surface area (Å²) in [5.74, 6) is 0. The van der Waals surface area contributed by atoms with Gasteiger partial charge in [0.15, 0.2) is 0 Å². The molecule has 0 aliphatic heterocycles. The van der Waals surface area contributed by atoms with Crippen LogP contribution in [0.2, 0.25) is 5.02 Å². The zero-order valence-corrected chi connectivity index (χ0v) is 10.9. The van der Waals surface area contributed by atoms with E-state index in [4.69, 9.17) is 11.6 Å². The highest BCUT2D eigenvalue weighted by atomic mass is 35.5. The summed E-state index contributed by atoms with van der Waals surface area (Å²) in [5.41, 5.74) is 4.20. The van der Waals surface area contributed by atoms with E-state index in [9.17, 15) is 0 Å². The quantitative estimate of drug-likeness (QED) is 0.684. The summed E-state index contributed by atoms with van der Waals surface area (Å²) in [6.45, 7) is 0. The summed E-state index contributed by atoms with van der Waals surface area (Å²) in [7, 11) is 0. The Hall–Kier alpha value is -2.19. The average molecular weight is 267 g/mol. The van der Waals surface area contributed by atoms with Crippen LogP contribution in [0, 0.1) is 0 Å². The Balaban J connectivity index is 2.04. The standard InChI is InChI=1S/C16H11ClN2/c17-16-10-13(14-2-1-7-19-11-14)3-4-15(16)12-5-8-18-9-6-12/h1-11H. The first kappa shape index (κ1) is 11.9. The number of hydrogen-bond donors (Lipinski definition) is 0. The maximum absolute atomic E-state index is 6.37. The molecule has 0 aliphatic rings. The van der Waals surface area contributed by atoms with E-state index in [-0.39, 0.29) is 0 Å². The Labute approximate surface area is 116 Å². The van der Waals surface area contributed by atoms with Crippen LogP contribution in [0.4, 0.5) is 0 Å². The van der Waals surface area contributed by atoms with Crippen molar-refractivity contribution in [3.63, 3.8) is 0 Å². The topological polar surface area (TPSA) is 25.8 Å². The van der Waals surface area contributed by atoms with Gasteiger partial charge in [-0.2, -0.15) is 0 Å². The van der Waals surface area contributed by atoms with Gasteiger partial charge in [-0.3, -0.25) is 9.97 Å². The molecule has 0 radical (unpaired) electrons. The van der Waals surface area contributed by atoms with Crippen molar-refractivity contribution in [3.05, 3.63) is 72.3 Å². The number of nitrogens with zero attached hydrogens (tertiary/aromatic N) is 2. The zero-order chi connectivity index (χ0) is 13.1. The number of pyridine rings is 2. The van der Waals surface area contributed by atoms with Gasteiger partial charge in [0.05, 0.1) is 0 Å². The zero-order valence-electron chi connectivity index (χ0n) is 10.1. The summed E-state index contributed by atoms with van der Waals surface area (Å²) < 4.78 is 0. The summed E-state index contributed by atoms with van der Waals surface area (Å²) >= 11 is 6.37. The smallest absolute Gasteiger partial charge is 0.0490 e. The van der Waals surface area contributed by atoms with Crippen LogP contribution in [-0.2, 0) is 0 Å². The van der Waals surface area contributed by atoms with Crippen LogP contribution in [0.3, 0.4) is 0 Å². The Morgan fingerprint density at radius 1 is 0.737 bits per heavy atom. The molecule has 0 unspecified atom stereocenters. The third-order valence-electron chi connectivity index (χ3n) is 2.96. The van der Waals surface area contributed by atoms with E-state index >= 15 is 0 Å². The largest absolute Gasteiger partial charge is 0.265 e. The van der Waals surface area contributed by atoms with Crippen molar-refractivity contribution in [2.45, 2.75) is 0 Å². The second kappa shape index (κ2) is 5.21. The average Bonchev–Trinajstić information content (AvgIpc) is 2.49. The highest BCUT2D eigenvalue weighted by Gasteiger charge is 2.05. The van der Waals surface area contributed by atoms with Crippen LogP contribution in [0.25, 0.3) is 22.3 Å². The van der Waals surface area contributed by atoms with Gasteiger partial charge in [-0.1, -0.05) is 29.8 Å². The normalized spacial score (nSPS) is 10.4. The predicted molar refractivity (Wildman–Crippen MR) is 77.9 cm³/mol. The number of aromatic nitrogens is 2. The Bertz CT molecular complexity index is 682. The number of hydrogen-bond acceptors (Lipinski definition) is 2. The lowest BCUT2D eigenvalue weighted by atomic mass is 10.0. The molecule has 2 aromatic heterocycles. The molecule has 0 bridgehead atoms. The molecular formula is C16H11ClN2. The fourth-order valence-electron chi connectivity index (χ4n) is 1.99. The van der Waals surface area contributed by atoms with Crippen molar-refractivity contribution in [2.75, 3.05) is 0 Å². The molecule has 92 valence electrons. The van der Waals surface area contributed by atoms with E-state index < -0.39 is 0 Å². The molecule has 2 heterocycles. The molecule has 19 heavy (non-hydrogen) atoms. The monoisotopic (exact) mass is 266 g/mol. The third-order valence-corrected chi connectivity index (χ3v) is 3.27. The summed E-state index contributed by atoms with van der Waals surface area (Å²) in [5, 5.41) is 0.729. The first-order chi connectivity index (χ1) is 9.34. The third kappa shape index (κ3) is 2.49. The van der Waals surface area contributed by atoms with E-state index in [1.54, 1.807) is 18.6 Å². The molecule has 0 amide bonds. The lowest BCUT2D eigenvalue weighted by Crippen LogP contribution is -1.83. The van der Waals surface area contributed by atoms with E-state index in [1.807, 2.05) is 42.6 Å². The summed E-state index contributed by atoms with van der Waals surface area (Å²) in [4.78, 5) is 8.13. The molecular weight excluding hydrogens is 256 g/mol. The molecule has 3 rings (SSSR count). The lowest BCUT2D eigenvalue weighted by Gasteiger charge is -2.07. The fraction of sp³-hybridized carbons (Fsp3) is 0. The number of rotatable bonds is 2. The van der Waals surface area contributed by atoms with E-state index in [2.05, 4.69) is 16.0 Å². The van der Waals surface area contributed by atoms with E-state index in [0.29, 0.717) is 0 Å². The van der Waals surface area contributed by atoms with Gasteiger partial charge in [0.2, 0.25) is 0 Å². The Morgan fingerprint density at radius 3 is 2.26 bits per heavy atom. The van der Waals surface area contributed by atoms with Crippen molar-refractivity contribution >= 4 is 11.6 Å². The molecule has 0 saturated heterocycles. The predicted octanol–water partition coefficient (Wildman–Crippen LogP) is 4.46. The van der Waals surface area contributed by atoms with Crippen molar-refractivity contribution in [3.8, 4) is 22.3 Å². The van der Waals surface area contributed by atoms with Gasteiger partial charge in [0.25, 0.3) is 0 Å². The van der Waals surface area contributed by atoms with Crippen molar-refractivity contribution in [1.29, 1.82) is 0 Å². The van der Waals surface area contributed by atoms with Crippen LogP contribution >= 0.6 is 11.6 Å². The van der Waals surface area contributed by atoms with Crippen LogP contribution in [0.5, 0.6) is 0 Å². The maximum Gasteiger partial charge on any atom is 0.0490 e. The number of halogens is 1. The van der Waals surface area contributed by atoms with Crippen molar-refractivity contribution in [2.24, 2.45) is 0 Å². The summed E-state index contributed by atoms with van der Waals surface area (Å²) in [6, 6.07) is 13.9. The van der Waals surface area contributed by atoms with E-state index in [0.717, 1.165) is 27.3 Å². The molecule has 0 saturated carbocycles. The van der Waals surface area contributed by atoms with Crippen LogP contribution < -0.4 is 0 Å².